The first kappa shape index (κ1) is 38.4. The van der Waals surface area contributed by atoms with Crippen molar-refractivity contribution in [1.29, 1.82) is 0 Å². The van der Waals surface area contributed by atoms with Crippen molar-refractivity contribution in [3.63, 3.8) is 0 Å². The molecule has 0 saturated carbocycles. The molecule has 152 valence electrons. The zero-order chi connectivity index (χ0) is 21.8. The van der Waals surface area contributed by atoms with Crippen LogP contribution in [-0.2, 0) is 24.0 Å². The van der Waals surface area contributed by atoms with Gasteiger partial charge in [0.25, 0.3) is 0 Å². The summed E-state index contributed by atoms with van der Waals surface area (Å²) >= 11 is 0. The Hall–Kier alpha value is -0.214. The first-order valence-electron chi connectivity index (χ1n) is 6.08. The van der Waals surface area contributed by atoms with Gasteiger partial charge in [-0.05, 0) is 6.92 Å². The van der Waals surface area contributed by atoms with Crippen LogP contribution in [-0.4, -0.2) is 101 Å². The van der Waals surface area contributed by atoms with Gasteiger partial charge in [0.15, 0.2) is 12.2 Å². The molecule has 15 nitrogen and oxygen atoms in total. The van der Waals surface area contributed by atoms with Gasteiger partial charge in [-0.1, -0.05) is 0 Å². The Bertz CT molecular complexity index is 438. The summed E-state index contributed by atoms with van der Waals surface area (Å²) in [6.45, 7) is 1.20. The van der Waals surface area contributed by atoms with E-state index in [0.29, 0.717) is 0 Å². The predicted octanol–water partition coefficient (Wildman–Crippen LogP) is -13.5. The molecule has 0 bridgehead atoms. The van der Waals surface area contributed by atoms with Crippen LogP contribution in [0.1, 0.15) is 6.92 Å². The number of rotatable bonds is 7. The maximum Gasteiger partial charge on any atom is 1.00 e. The Balaban J connectivity index is -0.0000000941. The van der Waals surface area contributed by atoms with E-state index >= 15 is 0 Å². The van der Waals surface area contributed by atoms with Crippen molar-refractivity contribution in [2.75, 3.05) is 0 Å². The quantitative estimate of drug-likeness (QED) is 0.167. The Morgan fingerprint density at radius 2 is 0.786 bits per heavy atom. The summed E-state index contributed by atoms with van der Waals surface area (Å²) in [6.07, 6.45) is -10.6. The molecule has 0 aliphatic rings. The van der Waals surface area contributed by atoms with Crippen molar-refractivity contribution in [2.45, 2.75) is 37.4 Å². The van der Waals surface area contributed by atoms with Gasteiger partial charge in [-0.2, -0.15) is 0 Å². The Labute approximate surface area is 220 Å². The van der Waals surface area contributed by atoms with Crippen LogP contribution in [0, 0.1) is 0 Å². The molecule has 0 spiro atoms. The molecule has 0 aliphatic carbocycles. The summed E-state index contributed by atoms with van der Waals surface area (Å²) in [6, 6.07) is 0. The summed E-state index contributed by atoms with van der Waals surface area (Å²) in [7, 11) is 0. The molecule has 0 radical (unpaired) electrons. The van der Waals surface area contributed by atoms with Crippen molar-refractivity contribution in [3.05, 3.63) is 0 Å². The van der Waals surface area contributed by atoms with Crippen LogP contribution < -0.4 is 91.2 Å². The summed E-state index contributed by atoms with van der Waals surface area (Å²) in [4.78, 5) is 48.3. The average Bonchev–Trinajstić information content (AvgIpc) is 2.52. The number of hydrogen-bond acceptors (Lipinski definition) is 12. The maximum absolute atomic E-state index is 9.77. The molecule has 0 amide bonds. The van der Waals surface area contributed by atoms with E-state index in [1.165, 1.54) is 6.92 Å². The Morgan fingerprint density at radius 1 is 0.607 bits per heavy atom. The number of aliphatic carboxylic acids is 5. The van der Waals surface area contributed by atoms with E-state index in [9.17, 15) is 34.2 Å². The van der Waals surface area contributed by atoms with Gasteiger partial charge < -0.3 is 60.7 Å². The number of hydrogen-bond donors (Lipinski definition) is 8. The predicted molar refractivity (Wildman–Crippen MR) is 68.6 cm³/mol. The first-order valence-corrected chi connectivity index (χ1v) is 6.08. The molecule has 5 unspecified atom stereocenters. The van der Waals surface area contributed by atoms with E-state index in [1.807, 2.05) is 0 Å². The second-order valence-electron chi connectivity index (χ2n) is 4.11. The fraction of sp³-hybridized carbons (Fsp3) is 0.545. The molecule has 0 aromatic heterocycles. The van der Waals surface area contributed by atoms with Gasteiger partial charge in [0.05, 0.1) is 11.9 Å². The van der Waals surface area contributed by atoms with Gasteiger partial charge in [-0.25, -0.2) is 14.4 Å². The van der Waals surface area contributed by atoms with Gasteiger partial charge in [-0.3, -0.25) is 0 Å². The minimum Gasteiger partial charge on any atom is -0.547 e. The van der Waals surface area contributed by atoms with Gasteiger partial charge in [0.1, 0.15) is 18.3 Å². The van der Waals surface area contributed by atoms with Crippen molar-refractivity contribution in [3.8, 4) is 0 Å². The topological polar surface area (TPSA) is 293 Å². The SMILES string of the molecule is CC(O)C(=O)O.O=C(O)C(O)C(O)C(=O)O.O=C([O-])C(O)C(O)C(=O)[O-].[K+].[Na+]. The molecule has 5 atom stereocenters. The monoisotopic (exact) mass is 450 g/mol. The fourth-order valence-electron chi connectivity index (χ4n) is 0.528. The second kappa shape index (κ2) is 20.1. The van der Waals surface area contributed by atoms with Crippen LogP contribution in [0.5, 0.6) is 0 Å². The third-order valence-electron chi connectivity index (χ3n) is 1.94. The summed E-state index contributed by atoms with van der Waals surface area (Å²) in [5, 5.41) is 84.0. The normalized spacial score (nSPS) is 14.2. The van der Waals surface area contributed by atoms with Gasteiger partial charge in [-0.15, -0.1) is 0 Å². The van der Waals surface area contributed by atoms with Crippen LogP contribution in [0.3, 0.4) is 0 Å². The smallest absolute Gasteiger partial charge is 0.547 e. The first-order chi connectivity index (χ1) is 11.6. The summed E-state index contributed by atoms with van der Waals surface area (Å²) in [5.41, 5.74) is 0. The number of aliphatic hydroxyl groups excluding tert-OH is 5. The molecule has 17 heteroatoms. The summed E-state index contributed by atoms with van der Waals surface area (Å²) < 4.78 is 0. The molecule has 0 saturated heterocycles. The molecule has 0 rings (SSSR count). The molecular formula is C11H16KNaO15. The number of carbonyl (C=O) groups excluding carboxylic acids is 2. The molecule has 0 heterocycles. The maximum atomic E-state index is 9.77. The van der Waals surface area contributed by atoms with Gasteiger partial charge in [0.2, 0.25) is 0 Å². The zero-order valence-corrected chi connectivity index (χ0v) is 19.9. The van der Waals surface area contributed by atoms with E-state index in [1.54, 1.807) is 0 Å². The molecule has 0 aromatic rings. The number of aliphatic hydroxyl groups is 5. The van der Waals surface area contributed by atoms with Crippen molar-refractivity contribution in [2.24, 2.45) is 0 Å². The molecular weight excluding hydrogens is 434 g/mol. The number of carboxylic acids is 5. The van der Waals surface area contributed by atoms with Crippen LogP contribution in [0.25, 0.3) is 0 Å². The van der Waals surface area contributed by atoms with Crippen molar-refractivity contribution in [1.82, 2.24) is 0 Å². The number of carbonyl (C=O) groups is 5. The van der Waals surface area contributed by atoms with Gasteiger partial charge >= 0.3 is 98.8 Å². The standard InChI is InChI=1S/2C4H6O6.C3H6O3.K.Na/c2*5-1(3(7)8)2(6)4(9)10;1-2(4)3(5)6;;/h2*1-2,5-6H,(H,7,8)(H,9,10);2,4H,1H3,(H,5,6);;/q;;;2*+1/p-2. The minimum absolute atomic E-state index is 0. The second-order valence-corrected chi connectivity index (χ2v) is 4.11. The molecule has 8 N–H and O–H groups in total. The van der Waals surface area contributed by atoms with E-state index in [-0.39, 0.29) is 80.9 Å². The Kier molecular flexibility index (Phi) is 27.5. The summed E-state index contributed by atoms with van der Waals surface area (Å²) in [5.74, 6) is -8.84. The van der Waals surface area contributed by atoms with Gasteiger partial charge in [0, 0.05) is 0 Å². The zero-order valence-electron chi connectivity index (χ0n) is 14.8. The van der Waals surface area contributed by atoms with E-state index in [2.05, 4.69) is 0 Å². The third kappa shape index (κ3) is 20.5. The van der Waals surface area contributed by atoms with Crippen molar-refractivity contribution >= 4 is 29.8 Å². The molecule has 0 aliphatic heterocycles. The van der Waals surface area contributed by atoms with Crippen LogP contribution in [0.15, 0.2) is 0 Å². The van der Waals surface area contributed by atoms with E-state index in [4.69, 9.17) is 40.9 Å². The molecule has 0 fully saturated rings. The largest absolute Gasteiger partial charge is 1.00 e. The van der Waals surface area contributed by atoms with Crippen LogP contribution in [0.4, 0.5) is 0 Å². The minimum atomic E-state index is -2.44. The third-order valence-corrected chi connectivity index (χ3v) is 1.94. The van der Waals surface area contributed by atoms with E-state index in [0.717, 1.165) is 0 Å². The van der Waals surface area contributed by atoms with Crippen LogP contribution in [0.2, 0.25) is 0 Å². The molecule has 0 aromatic carbocycles. The Morgan fingerprint density at radius 3 is 0.857 bits per heavy atom. The molecule has 28 heavy (non-hydrogen) atoms. The fourth-order valence-corrected chi connectivity index (χ4v) is 0.528. The number of carboxylic acid groups (broad SMARTS) is 5. The van der Waals surface area contributed by atoms with Crippen LogP contribution >= 0.6 is 0 Å². The van der Waals surface area contributed by atoms with Crippen molar-refractivity contribution < 1.29 is 156 Å². The van der Waals surface area contributed by atoms with E-state index < -0.39 is 60.4 Å². The average molecular weight is 450 g/mol.